The van der Waals surface area contributed by atoms with Crippen LogP contribution in [0.15, 0.2) is 24.3 Å². The van der Waals surface area contributed by atoms with Gasteiger partial charge in [0.1, 0.15) is 0 Å². The molecule has 0 spiro atoms. The fourth-order valence-corrected chi connectivity index (χ4v) is 2.48. The molecule has 1 aromatic carbocycles. The maximum absolute atomic E-state index is 5.68. The summed E-state index contributed by atoms with van der Waals surface area (Å²) >= 11 is 0. The molecule has 1 saturated heterocycles. The molecule has 1 fully saturated rings. The molecule has 17 heavy (non-hydrogen) atoms. The van der Waals surface area contributed by atoms with E-state index in [4.69, 9.17) is 5.73 Å². The zero-order valence-corrected chi connectivity index (χ0v) is 10.9. The molecule has 0 bridgehead atoms. The number of nitrogens with two attached hydrogens (primary N) is 1. The Labute approximate surface area is 105 Å². The third-order valence-electron chi connectivity index (χ3n) is 3.80. The first-order valence-corrected chi connectivity index (χ1v) is 6.81. The molecular weight excluding hydrogens is 208 g/mol. The van der Waals surface area contributed by atoms with Gasteiger partial charge < -0.3 is 10.6 Å². The van der Waals surface area contributed by atoms with Crippen LogP contribution in [0.2, 0.25) is 0 Å². The summed E-state index contributed by atoms with van der Waals surface area (Å²) in [6, 6.07) is 8.29. The van der Waals surface area contributed by atoms with Crippen molar-refractivity contribution in [3.63, 3.8) is 0 Å². The molecule has 0 saturated carbocycles. The van der Waals surface area contributed by atoms with Crippen LogP contribution in [0.3, 0.4) is 0 Å². The first-order valence-electron chi connectivity index (χ1n) is 6.81. The molecule has 2 N–H and O–H groups in total. The van der Waals surface area contributed by atoms with Crippen molar-refractivity contribution in [1.29, 1.82) is 0 Å². The van der Waals surface area contributed by atoms with E-state index in [2.05, 4.69) is 24.0 Å². The van der Waals surface area contributed by atoms with Crippen LogP contribution in [0.4, 0.5) is 5.69 Å². The average molecular weight is 232 g/mol. The Balaban J connectivity index is 1.67. The minimum atomic E-state index is 0.860. The lowest BCUT2D eigenvalue weighted by Gasteiger charge is -2.30. The van der Waals surface area contributed by atoms with Gasteiger partial charge in [-0.2, -0.15) is 0 Å². The molecule has 1 heterocycles. The minimum absolute atomic E-state index is 0.860. The molecule has 94 valence electrons. The Bertz CT molecular complexity index is 323. The molecule has 2 nitrogen and oxygen atoms in total. The van der Waals surface area contributed by atoms with E-state index in [9.17, 15) is 0 Å². The predicted molar refractivity (Wildman–Crippen MR) is 74.0 cm³/mol. The summed E-state index contributed by atoms with van der Waals surface area (Å²) < 4.78 is 0. The maximum atomic E-state index is 5.68. The average Bonchev–Trinajstić information content (AvgIpc) is 2.34. The number of rotatable bonds is 4. The second-order valence-corrected chi connectivity index (χ2v) is 5.37. The van der Waals surface area contributed by atoms with E-state index in [-0.39, 0.29) is 0 Å². The molecule has 0 amide bonds. The molecule has 0 aromatic heterocycles. The second kappa shape index (κ2) is 6.06. The third-order valence-corrected chi connectivity index (χ3v) is 3.80. The molecule has 0 unspecified atom stereocenters. The highest BCUT2D eigenvalue weighted by molar-refractivity contribution is 5.39. The summed E-state index contributed by atoms with van der Waals surface area (Å²) in [6.45, 7) is 6.20. The molecular formula is C15H24N2. The van der Waals surface area contributed by atoms with Crippen molar-refractivity contribution >= 4 is 5.69 Å². The predicted octanol–water partition coefficient (Wildman–Crippen LogP) is 2.93. The van der Waals surface area contributed by atoms with Crippen molar-refractivity contribution < 1.29 is 0 Å². The van der Waals surface area contributed by atoms with Gasteiger partial charge in [0.25, 0.3) is 0 Å². The van der Waals surface area contributed by atoms with Crippen molar-refractivity contribution in [1.82, 2.24) is 4.90 Å². The SMILES string of the molecule is CC1CCN(CCCc2ccc(N)cc2)CC1. The Kier molecular flexibility index (Phi) is 4.43. The first kappa shape index (κ1) is 12.4. The van der Waals surface area contributed by atoms with Gasteiger partial charge in [-0.05, 0) is 68.9 Å². The zero-order valence-electron chi connectivity index (χ0n) is 10.9. The molecule has 2 heteroatoms. The number of nitrogen functional groups attached to an aromatic ring is 1. The van der Waals surface area contributed by atoms with Crippen molar-refractivity contribution in [2.45, 2.75) is 32.6 Å². The molecule has 1 aliphatic rings. The molecule has 0 atom stereocenters. The van der Waals surface area contributed by atoms with Gasteiger partial charge in [0.05, 0.1) is 0 Å². The summed E-state index contributed by atoms with van der Waals surface area (Å²) in [7, 11) is 0. The van der Waals surface area contributed by atoms with E-state index in [1.54, 1.807) is 0 Å². The Morgan fingerprint density at radius 2 is 1.82 bits per heavy atom. The van der Waals surface area contributed by atoms with Crippen molar-refractivity contribution in [3.8, 4) is 0 Å². The highest BCUT2D eigenvalue weighted by Gasteiger charge is 2.14. The van der Waals surface area contributed by atoms with Crippen LogP contribution in [0, 0.1) is 5.92 Å². The van der Waals surface area contributed by atoms with Crippen molar-refractivity contribution in [2.24, 2.45) is 5.92 Å². The molecule has 1 aromatic rings. The van der Waals surface area contributed by atoms with Crippen LogP contribution >= 0.6 is 0 Å². The van der Waals surface area contributed by atoms with E-state index < -0.39 is 0 Å². The van der Waals surface area contributed by atoms with Gasteiger partial charge in [0.15, 0.2) is 0 Å². The Morgan fingerprint density at radius 1 is 1.18 bits per heavy atom. The van der Waals surface area contributed by atoms with E-state index in [1.165, 1.54) is 50.9 Å². The summed E-state index contributed by atoms with van der Waals surface area (Å²) in [5.41, 5.74) is 7.94. The highest BCUT2D eigenvalue weighted by atomic mass is 15.1. The lowest BCUT2D eigenvalue weighted by atomic mass is 9.99. The number of piperidine rings is 1. The Hall–Kier alpha value is -1.02. The van der Waals surface area contributed by atoms with Gasteiger partial charge >= 0.3 is 0 Å². The number of benzene rings is 1. The fourth-order valence-electron chi connectivity index (χ4n) is 2.48. The van der Waals surface area contributed by atoms with Gasteiger partial charge in [-0.3, -0.25) is 0 Å². The van der Waals surface area contributed by atoms with Gasteiger partial charge in [0.2, 0.25) is 0 Å². The number of likely N-dealkylation sites (tertiary alicyclic amines) is 1. The normalized spacial score (nSPS) is 18.4. The largest absolute Gasteiger partial charge is 0.399 e. The zero-order chi connectivity index (χ0) is 12.1. The van der Waals surface area contributed by atoms with E-state index in [0.29, 0.717) is 0 Å². The van der Waals surface area contributed by atoms with Gasteiger partial charge in [0, 0.05) is 5.69 Å². The van der Waals surface area contributed by atoms with Gasteiger partial charge in [-0.25, -0.2) is 0 Å². The fraction of sp³-hybridized carbons (Fsp3) is 0.600. The standard InChI is InChI=1S/C15H24N2/c1-13-8-11-17(12-9-13)10-2-3-14-4-6-15(16)7-5-14/h4-7,13H,2-3,8-12,16H2,1H3. The maximum Gasteiger partial charge on any atom is 0.0314 e. The summed E-state index contributed by atoms with van der Waals surface area (Å²) in [5, 5.41) is 0. The van der Waals surface area contributed by atoms with Crippen molar-refractivity contribution in [3.05, 3.63) is 29.8 Å². The lowest BCUT2D eigenvalue weighted by Crippen LogP contribution is -2.33. The van der Waals surface area contributed by atoms with Crippen LogP contribution in [-0.2, 0) is 6.42 Å². The van der Waals surface area contributed by atoms with Crippen LogP contribution in [0.25, 0.3) is 0 Å². The third kappa shape index (κ3) is 4.04. The number of nitrogens with zero attached hydrogens (tertiary/aromatic N) is 1. The Morgan fingerprint density at radius 3 is 2.47 bits per heavy atom. The van der Waals surface area contributed by atoms with Gasteiger partial charge in [-0.15, -0.1) is 0 Å². The first-order chi connectivity index (χ1) is 8.24. The number of hydrogen-bond donors (Lipinski definition) is 1. The molecule has 2 rings (SSSR count). The topological polar surface area (TPSA) is 29.3 Å². The van der Waals surface area contributed by atoms with Crippen LogP contribution in [0.1, 0.15) is 31.7 Å². The van der Waals surface area contributed by atoms with Crippen molar-refractivity contribution in [2.75, 3.05) is 25.4 Å². The highest BCUT2D eigenvalue weighted by Crippen LogP contribution is 2.16. The molecule has 0 aliphatic carbocycles. The van der Waals surface area contributed by atoms with Crippen LogP contribution in [0.5, 0.6) is 0 Å². The number of hydrogen-bond acceptors (Lipinski definition) is 2. The summed E-state index contributed by atoms with van der Waals surface area (Å²) in [4.78, 5) is 2.61. The van der Waals surface area contributed by atoms with Crippen LogP contribution < -0.4 is 5.73 Å². The summed E-state index contributed by atoms with van der Waals surface area (Å²) in [6.07, 6.45) is 5.19. The second-order valence-electron chi connectivity index (χ2n) is 5.37. The molecule has 0 radical (unpaired) electrons. The summed E-state index contributed by atoms with van der Waals surface area (Å²) in [5.74, 6) is 0.934. The number of aryl methyl sites for hydroxylation is 1. The van der Waals surface area contributed by atoms with Gasteiger partial charge in [-0.1, -0.05) is 19.1 Å². The van der Waals surface area contributed by atoms with Crippen LogP contribution in [-0.4, -0.2) is 24.5 Å². The minimum Gasteiger partial charge on any atom is -0.399 e. The van der Waals surface area contributed by atoms with E-state index >= 15 is 0 Å². The number of anilines is 1. The monoisotopic (exact) mass is 232 g/mol. The smallest absolute Gasteiger partial charge is 0.0314 e. The van der Waals surface area contributed by atoms with E-state index in [0.717, 1.165) is 11.6 Å². The van der Waals surface area contributed by atoms with E-state index in [1.807, 2.05) is 12.1 Å². The molecule has 1 aliphatic heterocycles. The lowest BCUT2D eigenvalue weighted by molar-refractivity contribution is 0.191. The quantitative estimate of drug-likeness (QED) is 0.809.